The van der Waals surface area contributed by atoms with Crippen LogP contribution in [0.3, 0.4) is 0 Å². The van der Waals surface area contributed by atoms with Crippen molar-refractivity contribution in [1.29, 1.82) is 0 Å². The third-order valence-corrected chi connectivity index (χ3v) is 3.72. The van der Waals surface area contributed by atoms with E-state index in [9.17, 15) is 9.59 Å². The molecule has 22 heavy (non-hydrogen) atoms. The summed E-state index contributed by atoms with van der Waals surface area (Å²) >= 11 is 6.06. The van der Waals surface area contributed by atoms with E-state index in [0.717, 1.165) is 0 Å². The lowest BCUT2D eigenvalue weighted by atomic mass is 10.1. The Bertz CT molecular complexity index is 546. The summed E-state index contributed by atoms with van der Waals surface area (Å²) in [5.41, 5.74) is 6.59. The van der Waals surface area contributed by atoms with Crippen molar-refractivity contribution in [2.75, 3.05) is 38.5 Å². The number of nitrogens with one attached hydrogen (secondary N) is 1. The van der Waals surface area contributed by atoms with Crippen molar-refractivity contribution in [2.45, 2.75) is 6.92 Å². The van der Waals surface area contributed by atoms with Crippen molar-refractivity contribution in [2.24, 2.45) is 0 Å². The van der Waals surface area contributed by atoms with Gasteiger partial charge in [0.2, 0.25) is 0 Å². The van der Waals surface area contributed by atoms with Gasteiger partial charge in [0.1, 0.15) is 0 Å². The smallest absolute Gasteiger partial charge is 0.317 e. The van der Waals surface area contributed by atoms with E-state index in [1.54, 1.807) is 28.0 Å². The van der Waals surface area contributed by atoms with Crippen molar-refractivity contribution in [3.05, 3.63) is 28.8 Å². The summed E-state index contributed by atoms with van der Waals surface area (Å²) in [6, 6.07) is 4.77. The van der Waals surface area contributed by atoms with Gasteiger partial charge < -0.3 is 20.9 Å². The molecule has 1 saturated heterocycles. The molecule has 8 heteroatoms. The van der Waals surface area contributed by atoms with E-state index in [-0.39, 0.29) is 24.3 Å². The van der Waals surface area contributed by atoms with Gasteiger partial charge in [-0.25, -0.2) is 4.79 Å². The zero-order valence-corrected chi connectivity index (χ0v) is 13.9. The molecule has 6 nitrogen and oxygen atoms in total. The van der Waals surface area contributed by atoms with Crippen LogP contribution in [0.15, 0.2) is 18.2 Å². The van der Waals surface area contributed by atoms with Crippen molar-refractivity contribution < 1.29 is 9.59 Å². The topological polar surface area (TPSA) is 78.7 Å². The molecule has 1 fully saturated rings. The third kappa shape index (κ3) is 4.18. The van der Waals surface area contributed by atoms with Crippen molar-refractivity contribution in [3.8, 4) is 0 Å². The first kappa shape index (κ1) is 18.4. The van der Waals surface area contributed by atoms with Crippen molar-refractivity contribution >= 4 is 41.6 Å². The van der Waals surface area contributed by atoms with Crippen LogP contribution < -0.4 is 11.1 Å². The molecule has 0 bridgehead atoms. The number of halogens is 2. The van der Waals surface area contributed by atoms with Crippen LogP contribution in [0.4, 0.5) is 10.5 Å². The van der Waals surface area contributed by atoms with Gasteiger partial charge in [0.15, 0.2) is 0 Å². The summed E-state index contributed by atoms with van der Waals surface area (Å²) < 4.78 is 0. The van der Waals surface area contributed by atoms with E-state index >= 15 is 0 Å². The lowest BCUT2D eigenvalue weighted by Gasteiger charge is -2.34. The number of benzene rings is 1. The van der Waals surface area contributed by atoms with E-state index in [1.807, 2.05) is 6.92 Å². The second-order valence-corrected chi connectivity index (χ2v) is 5.26. The number of hydrogen-bond acceptors (Lipinski definition) is 3. The quantitative estimate of drug-likeness (QED) is 0.801. The number of carbonyl (C=O) groups is 2. The van der Waals surface area contributed by atoms with Gasteiger partial charge in [-0.05, 0) is 25.1 Å². The van der Waals surface area contributed by atoms with Crippen molar-refractivity contribution in [1.82, 2.24) is 15.1 Å². The number of carbonyl (C=O) groups excluding carboxylic acids is 2. The highest BCUT2D eigenvalue weighted by Crippen LogP contribution is 2.21. The van der Waals surface area contributed by atoms with Gasteiger partial charge in [0, 0.05) is 38.4 Å². The molecule has 0 aliphatic carbocycles. The SMILES string of the molecule is CCNC(=O)N1CCN(C(=O)c2ccc(N)cc2Cl)CC1.Cl. The Labute approximate surface area is 141 Å². The minimum absolute atomic E-state index is 0. The Hall–Kier alpha value is -1.66. The molecular formula is C14H20Cl2N4O2. The summed E-state index contributed by atoms with van der Waals surface area (Å²) in [7, 11) is 0. The maximum atomic E-state index is 12.4. The first-order chi connectivity index (χ1) is 10.0. The summed E-state index contributed by atoms with van der Waals surface area (Å²) in [6.07, 6.45) is 0. The average molecular weight is 347 g/mol. The molecule has 0 unspecified atom stereocenters. The molecule has 122 valence electrons. The Morgan fingerprint density at radius 3 is 2.36 bits per heavy atom. The molecule has 0 saturated carbocycles. The number of nitrogens with zero attached hydrogens (tertiary/aromatic N) is 2. The maximum Gasteiger partial charge on any atom is 0.317 e. The first-order valence-corrected chi connectivity index (χ1v) is 7.27. The fourth-order valence-corrected chi connectivity index (χ4v) is 2.52. The van der Waals surface area contributed by atoms with Crippen LogP contribution >= 0.6 is 24.0 Å². The van der Waals surface area contributed by atoms with Crippen molar-refractivity contribution in [3.63, 3.8) is 0 Å². The highest BCUT2D eigenvalue weighted by Gasteiger charge is 2.25. The molecule has 0 spiro atoms. The van der Waals surface area contributed by atoms with E-state index < -0.39 is 0 Å². The molecule has 1 aromatic rings. The minimum atomic E-state index is -0.129. The fraction of sp³-hybridized carbons (Fsp3) is 0.429. The van der Waals surface area contributed by atoms with Crippen LogP contribution in [0.25, 0.3) is 0 Å². The molecule has 0 atom stereocenters. The number of amides is 3. The predicted molar refractivity (Wildman–Crippen MR) is 89.7 cm³/mol. The molecule has 1 aliphatic rings. The zero-order valence-electron chi connectivity index (χ0n) is 12.3. The van der Waals surface area contributed by atoms with Crippen LogP contribution in [0.5, 0.6) is 0 Å². The summed E-state index contributed by atoms with van der Waals surface area (Å²) in [4.78, 5) is 27.5. The third-order valence-electron chi connectivity index (χ3n) is 3.41. The van der Waals surface area contributed by atoms with Gasteiger partial charge in [-0.15, -0.1) is 12.4 Å². The van der Waals surface area contributed by atoms with Gasteiger partial charge in [0.05, 0.1) is 10.6 Å². The highest BCUT2D eigenvalue weighted by molar-refractivity contribution is 6.34. The van der Waals surface area contributed by atoms with Gasteiger partial charge in [-0.2, -0.15) is 0 Å². The Morgan fingerprint density at radius 1 is 1.23 bits per heavy atom. The second-order valence-electron chi connectivity index (χ2n) is 4.85. The van der Waals surface area contributed by atoms with E-state index in [2.05, 4.69) is 5.32 Å². The molecule has 1 aliphatic heterocycles. The molecular weight excluding hydrogens is 327 g/mol. The fourth-order valence-electron chi connectivity index (χ4n) is 2.25. The van der Waals surface area contributed by atoms with E-state index in [0.29, 0.717) is 49.0 Å². The monoisotopic (exact) mass is 346 g/mol. The maximum absolute atomic E-state index is 12.4. The standard InChI is InChI=1S/C14H19ClN4O2.ClH/c1-2-17-14(21)19-7-5-18(6-8-19)13(20)11-4-3-10(16)9-12(11)15;/h3-4,9H,2,5-8,16H2,1H3,(H,17,21);1H. The Morgan fingerprint density at radius 2 is 1.82 bits per heavy atom. The Kier molecular flexibility index (Phi) is 6.77. The molecule has 2 rings (SSSR count). The van der Waals surface area contributed by atoms with Gasteiger partial charge in [0.25, 0.3) is 5.91 Å². The summed E-state index contributed by atoms with van der Waals surface area (Å²) in [5, 5.41) is 3.11. The van der Waals surface area contributed by atoms with E-state index in [1.165, 1.54) is 0 Å². The lowest BCUT2D eigenvalue weighted by Crippen LogP contribution is -2.53. The van der Waals surface area contributed by atoms with Gasteiger partial charge >= 0.3 is 6.03 Å². The van der Waals surface area contributed by atoms with Crippen LogP contribution in [-0.2, 0) is 0 Å². The van der Waals surface area contributed by atoms with E-state index in [4.69, 9.17) is 17.3 Å². The van der Waals surface area contributed by atoms with Crippen LogP contribution in [0.2, 0.25) is 5.02 Å². The molecule has 0 radical (unpaired) electrons. The number of nitrogen functional groups attached to an aromatic ring is 1. The van der Waals surface area contributed by atoms with Crippen LogP contribution in [0, 0.1) is 0 Å². The molecule has 0 aromatic heterocycles. The highest BCUT2D eigenvalue weighted by atomic mass is 35.5. The van der Waals surface area contributed by atoms with Gasteiger partial charge in [-0.3, -0.25) is 4.79 Å². The average Bonchev–Trinajstić information content (AvgIpc) is 2.47. The number of hydrogen-bond donors (Lipinski definition) is 2. The number of piperazine rings is 1. The number of rotatable bonds is 2. The second kappa shape index (κ2) is 8.10. The largest absolute Gasteiger partial charge is 0.399 e. The Balaban J connectivity index is 0.00000242. The normalized spacial score (nSPS) is 14.3. The van der Waals surface area contributed by atoms with Crippen LogP contribution in [-0.4, -0.2) is 54.5 Å². The van der Waals surface area contributed by atoms with Crippen LogP contribution in [0.1, 0.15) is 17.3 Å². The zero-order chi connectivity index (χ0) is 15.4. The summed E-state index contributed by atoms with van der Waals surface area (Å²) in [5.74, 6) is -0.129. The summed E-state index contributed by atoms with van der Waals surface area (Å²) in [6.45, 7) is 4.50. The first-order valence-electron chi connectivity index (χ1n) is 6.90. The lowest BCUT2D eigenvalue weighted by molar-refractivity contribution is 0.0665. The number of urea groups is 1. The minimum Gasteiger partial charge on any atom is -0.399 e. The molecule has 3 amide bonds. The molecule has 1 heterocycles. The number of anilines is 1. The molecule has 3 N–H and O–H groups in total. The molecule has 1 aromatic carbocycles. The van der Waals surface area contributed by atoms with Gasteiger partial charge in [-0.1, -0.05) is 11.6 Å². The number of nitrogens with two attached hydrogens (primary N) is 1. The predicted octanol–water partition coefficient (Wildman–Crippen LogP) is 1.83.